The van der Waals surface area contributed by atoms with Gasteiger partial charge in [-0.15, -0.1) is 0 Å². The summed E-state index contributed by atoms with van der Waals surface area (Å²) in [5, 5.41) is 0.606. The van der Waals surface area contributed by atoms with Crippen LogP contribution in [-0.4, -0.2) is 0 Å². The SMILES string of the molecule is Cc1cccc(C)c1COc1ccc(CN)cc1Cl. The Morgan fingerprint density at radius 1 is 1.11 bits per heavy atom. The number of hydrogen-bond acceptors (Lipinski definition) is 2. The van der Waals surface area contributed by atoms with E-state index in [1.807, 2.05) is 18.2 Å². The fourth-order valence-corrected chi connectivity index (χ4v) is 2.27. The van der Waals surface area contributed by atoms with Gasteiger partial charge < -0.3 is 10.5 Å². The number of aryl methyl sites for hydroxylation is 2. The molecular formula is C16H18ClNO. The van der Waals surface area contributed by atoms with E-state index in [1.165, 1.54) is 16.7 Å². The average Bonchev–Trinajstić information content (AvgIpc) is 2.39. The van der Waals surface area contributed by atoms with E-state index in [0.717, 1.165) is 5.56 Å². The molecule has 2 aromatic carbocycles. The van der Waals surface area contributed by atoms with Crippen molar-refractivity contribution in [2.75, 3.05) is 0 Å². The van der Waals surface area contributed by atoms with Gasteiger partial charge in [0.25, 0.3) is 0 Å². The first kappa shape index (κ1) is 13.9. The van der Waals surface area contributed by atoms with Crippen LogP contribution in [0.4, 0.5) is 0 Å². The van der Waals surface area contributed by atoms with Crippen LogP contribution in [0.5, 0.6) is 5.75 Å². The standard InChI is InChI=1S/C16H18ClNO/c1-11-4-3-5-12(2)14(11)10-19-16-7-6-13(9-18)8-15(16)17/h3-8H,9-10,18H2,1-2H3. The van der Waals surface area contributed by atoms with Gasteiger partial charge >= 0.3 is 0 Å². The molecular weight excluding hydrogens is 258 g/mol. The van der Waals surface area contributed by atoms with Crippen molar-refractivity contribution in [1.29, 1.82) is 0 Å². The molecule has 0 spiro atoms. The summed E-state index contributed by atoms with van der Waals surface area (Å²) in [4.78, 5) is 0. The zero-order valence-corrected chi connectivity index (χ0v) is 12.0. The maximum atomic E-state index is 6.17. The lowest BCUT2D eigenvalue weighted by Crippen LogP contribution is -2.02. The maximum absolute atomic E-state index is 6.17. The molecule has 2 aromatic rings. The van der Waals surface area contributed by atoms with Gasteiger partial charge in [-0.1, -0.05) is 35.9 Å². The normalized spacial score (nSPS) is 10.5. The van der Waals surface area contributed by atoms with Gasteiger partial charge in [0.15, 0.2) is 0 Å². The van der Waals surface area contributed by atoms with Gasteiger partial charge in [0.2, 0.25) is 0 Å². The van der Waals surface area contributed by atoms with Crippen LogP contribution in [0, 0.1) is 13.8 Å². The number of halogens is 1. The molecule has 2 nitrogen and oxygen atoms in total. The summed E-state index contributed by atoms with van der Waals surface area (Å²) in [7, 11) is 0. The van der Waals surface area contributed by atoms with Crippen molar-refractivity contribution in [1.82, 2.24) is 0 Å². The van der Waals surface area contributed by atoms with Crippen molar-refractivity contribution in [2.24, 2.45) is 5.73 Å². The van der Waals surface area contributed by atoms with E-state index in [4.69, 9.17) is 22.1 Å². The van der Waals surface area contributed by atoms with Crippen LogP contribution in [0.2, 0.25) is 5.02 Å². The summed E-state index contributed by atoms with van der Waals surface area (Å²) < 4.78 is 5.81. The summed E-state index contributed by atoms with van der Waals surface area (Å²) in [6.45, 7) is 5.19. The fraction of sp³-hybridized carbons (Fsp3) is 0.250. The summed E-state index contributed by atoms with van der Waals surface area (Å²) in [6.07, 6.45) is 0. The van der Waals surface area contributed by atoms with E-state index in [2.05, 4.69) is 32.0 Å². The summed E-state index contributed by atoms with van der Waals surface area (Å²) >= 11 is 6.17. The minimum absolute atomic E-state index is 0.483. The molecule has 19 heavy (non-hydrogen) atoms. The summed E-state index contributed by atoms with van der Waals surface area (Å²) in [6, 6.07) is 11.9. The first-order chi connectivity index (χ1) is 9.11. The van der Waals surface area contributed by atoms with Crippen LogP contribution in [0.25, 0.3) is 0 Å². The van der Waals surface area contributed by atoms with Crippen LogP contribution in [-0.2, 0) is 13.2 Å². The molecule has 0 aliphatic heterocycles. The first-order valence-corrected chi connectivity index (χ1v) is 6.66. The average molecular weight is 276 g/mol. The first-order valence-electron chi connectivity index (χ1n) is 6.28. The van der Waals surface area contributed by atoms with Crippen molar-refractivity contribution in [3.05, 3.63) is 63.7 Å². The molecule has 0 radical (unpaired) electrons. The number of nitrogens with two attached hydrogens (primary N) is 1. The van der Waals surface area contributed by atoms with Gasteiger partial charge in [0.05, 0.1) is 5.02 Å². The third kappa shape index (κ3) is 3.28. The molecule has 0 aliphatic carbocycles. The molecule has 100 valence electrons. The molecule has 0 unspecified atom stereocenters. The topological polar surface area (TPSA) is 35.2 Å². The van der Waals surface area contributed by atoms with Gasteiger partial charge in [-0.05, 0) is 48.2 Å². The van der Waals surface area contributed by atoms with Gasteiger partial charge in [-0.25, -0.2) is 0 Å². The summed E-state index contributed by atoms with van der Waals surface area (Å²) in [5.41, 5.74) is 10.3. The van der Waals surface area contributed by atoms with E-state index < -0.39 is 0 Å². The van der Waals surface area contributed by atoms with Crippen LogP contribution in [0.15, 0.2) is 36.4 Å². The smallest absolute Gasteiger partial charge is 0.138 e. The van der Waals surface area contributed by atoms with E-state index >= 15 is 0 Å². The van der Waals surface area contributed by atoms with Gasteiger partial charge in [-0.2, -0.15) is 0 Å². The zero-order valence-electron chi connectivity index (χ0n) is 11.2. The lowest BCUT2D eigenvalue weighted by Gasteiger charge is -2.13. The highest BCUT2D eigenvalue weighted by Gasteiger charge is 2.06. The molecule has 0 saturated carbocycles. The minimum atomic E-state index is 0.483. The Morgan fingerprint density at radius 2 is 1.79 bits per heavy atom. The van der Waals surface area contributed by atoms with E-state index in [-0.39, 0.29) is 0 Å². The Kier molecular flexibility index (Phi) is 4.46. The number of hydrogen-bond donors (Lipinski definition) is 1. The monoisotopic (exact) mass is 275 g/mol. The lowest BCUT2D eigenvalue weighted by molar-refractivity contribution is 0.304. The summed E-state index contributed by atoms with van der Waals surface area (Å²) in [5.74, 6) is 0.696. The minimum Gasteiger partial charge on any atom is -0.487 e. The predicted octanol–water partition coefficient (Wildman–Crippen LogP) is 3.99. The fourth-order valence-electron chi connectivity index (χ4n) is 2.01. The Balaban J connectivity index is 2.15. The quantitative estimate of drug-likeness (QED) is 0.915. The van der Waals surface area contributed by atoms with Crippen LogP contribution < -0.4 is 10.5 Å². The molecule has 0 aliphatic rings. The molecule has 2 N–H and O–H groups in total. The molecule has 0 amide bonds. The number of benzene rings is 2. The van der Waals surface area contributed by atoms with Crippen molar-refractivity contribution >= 4 is 11.6 Å². The third-order valence-corrected chi connectivity index (χ3v) is 3.54. The molecule has 0 heterocycles. The van der Waals surface area contributed by atoms with Crippen LogP contribution in [0.1, 0.15) is 22.3 Å². The Morgan fingerprint density at radius 3 is 2.37 bits per heavy atom. The van der Waals surface area contributed by atoms with Crippen LogP contribution in [0.3, 0.4) is 0 Å². The second-order valence-electron chi connectivity index (χ2n) is 4.63. The zero-order chi connectivity index (χ0) is 13.8. The van der Waals surface area contributed by atoms with E-state index in [0.29, 0.717) is 23.9 Å². The molecule has 3 heteroatoms. The lowest BCUT2D eigenvalue weighted by atomic mass is 10.0. The van der Waals surface area contributed by atoms with Gasteiger partial charge in [0.1, 0.15) is 12.4 Å². The maximum Gasteiger partial charge on any atom is 0.138 e. The van der Waals surface area contributed by atoms with Crippen molar-refractivity contribution < 1.29 is 4.74 Å². The van der Waals surface area contributed by atoms with E-state index in [9.17, 15) is 0 Å². The second-order valence-corrected chi connectivity index (χ2v) is 5.04. The molecule has 2 rings (SSSR count). The second kappa shape index (κ2) is 6.09. The van der Waals surface area contributed by atoms with Gasteiger partial charge in [-0.3, -0.25) is 0 Å². The van der Waals surface area contributed by atoms with Gasteiger partial charge in [0, 0.05) is 6.54 Å². The van der Waals surface area contributed by atoms with Crippen LogP contribution >= 0.6 is 11.6 Å². The Labute approximate surface area is 119 Å². The molecule has 0 aromatic heterocycles. The Bertz CT molecular complexity index is 561. The molecule has 0 saturated heterocycles. The molecule has 0 atom stereocenters. The molecule has 0 bridgehead atoms. The van der Waals surface area contributed by atoms with Crippen molar-refractivity contribution in [3.8, 4) is 5.75 Å². The van der Waals surface area contributed by atoms with Crippen molar-refractivity contribution in [3.63, 3.8) is 0 Å². The highest BCUT2D eigenvalue weighted by atomic mass is 35.5. The largest absolute Gasteiger partial charge is 0.487 e. The third-order valence-electron chi connectivity index (χ3n) is 3.25. The van der Waals surface area contributed by atoms with E-state index in [1.54, 1.807) is 0 Å². The van der Waals surface area contributed by atoms with Crippen molar-refractivity contribution in [2.45, 2.75) is 27.0 Å². The predicted molar refractivity (Wildman–Crippen MR) is 79.6 cm³/mol. The Hall–Kier alpha value is -1.51. The number of ether oxygens (including phenoxy) is 1. The highest BCUT2D eigenvalue weighted by Crippen LogP contribution is 2.27. The number of rotatable bonds is 4. The molecule has 0 fully saturated rings. The highest BCUT2D eigenvalue weighted by molar-refractivity contribution is 6.32.